The molecule has 0 spiro atoms. The number of rotatable bonds is 5. The van der Waals surface area contributed by atoms with E-state index in [2.05, 4.69) is 15.7 Å². The van der Waals surface area contributed by atoms with E-state index in [1.807, 2.05) is 0 Å². The maximum atomic E-state index is 13.8. The van der Waals surface area contributed by atoms with Crippen molar-refractivity contribution in [1.29, 1.82) is 0 Å². The smallest absolute Gasteiger partial charge is 0.261 e. The Kier molecular flexibility index (Phi) is 5.59. The quantitative estimate of drug-likeness (QED) is 0.588. The minimum Gasteiger partial charge on any atom is -0.261 e. The standard InChI is InChI=1S/C19H13ClF3N3O2S/c1-2-12-26-17(19(21,22)23)16(13-8-10-14(20)11-9-13)18(24-26)25-29(27,28)15-6-4-3-5-7-15/h1,3-11H,12H2,(H,24,25). The molecule has 5 nitrogen and oxygen atoms in total. The Morgan fingerprint density at radius 2 is 1.72 bits per heavy atom. The molecule has 0 saturated carbocycles. The van der Waals surface area contributed by atoms with Crippen LogP contribution in [0.3, 0.4) is 0 Å². The molecule has 0 aliphatic heterocycles. The van der Waals surface area contributed by atoms with E-state index < -0.39 is 39.8 Å². The van der Waals surface area contributed by atoms with Gasteiger partial charge in [-0.3, -0.25) is 4.72 Å². The number of sulfonamides is 1. The van der Waals surface area contributed by atoms with Crippen molar-refractivity contribution in [2.45, 2.75) is 17.6 Å². The number of terminal acetylenes is 1. The number of benzene rings is 2. The summed E-state index contributed by atoms with van der Waals surface area (Å²) >= 11 is 5.83. The molecule has 0 fully saturated rings. The third-order valence-electron chi connectivity index (χ3n) is 3.88. The maximum Gasteiger partial charge on any atom is 0.433 e. The second-order valence-corrected chi connectivity index (χ2v) is 7.98. The lowest BCUT2D eigenvalue weighted by Crippen LogP contribution is -2.15. The van der Waals surface area contributed by atoms with E-state index in [9.17, 15) is 21.6 Å². The molecule has 1 N–H and O–H groups in total. The number of nitrogens with one attached hydrogen (secondary N) is 1. The van der Waals surface area contributed by atoms with Gasteiger partial charge in [-0.1, -0.05) is 47.9 Å². The van der Waals surface area contributed by atoms with Crippen LogP contribution in [0.25, 0.3) is 11.1 Å². The van der Waals surface area contributed by atoms with Crippen LogP contribution in [0, 0.1) is 12.3 Å². The number of hydrogen-bond acceptors (Lipinski definition) is 3. The minimum absolute atomic E-state index is 0.0794. The second-order valence-electron chi connectivity index (χ2n) is 5.86. The molecule has 1 aromatic heterocycles. The molecule has 3 aromatic rings. The van der Waals surface area contributed by atoms with Gasteiger partial charge < -0.3 is 0 Å². The van der Waals surface area contributed by atoms with Gasteiger partial charge in [0, 0.05) is 5.02 Å². The first-order valence-electron chi connectivity index (χ1n) is 8.09. The van der Waals surface area contributed by atoms with Crippen LogP contribution in [0.4, 0.5) is 19.0 Å². The van der Waals surface area contributed by atoms with Crippen LogP contribution in [-0.2, 0) is 22.7 Å². The molecule has 0 amide bonds. The van der Waals surface area contributed by atoms with Crippen LogP contribution in [0.5, 0.6) is 0 Å². The average molecular weight is 440 g/mol. The molecule has 0 atom stereocenters. The molecule has 1 heterocycles. The third-order valence-corrected chi connectivity index (χ3v) is 5.49. The number of aromatic nitrogens is 2. The van der Waals surface area contributed by atoms with Gasteiger partial charge in [-0.05, 0) is 29.8 Å². The van der Waals surface area contributed by atoms with E-state index in [0.29, 0.717) is 9.70 Å². The molecule has 0 unspecified atom stereocenters. The number of anilines is 1. The minimum atomic E-state index is -4.84. The monoisotopic (exact) mass is 439 g/mol. The summed E-state index contributed by atoms with van der Waals surface area (Å²) in [4.78, 5) is -0.123. The molecule has 2 aromatic carbocycles. The van der Waals surface area contributed by atoms with Gasteiger partial charge in [0.25, 0.3) is 10.0 Å². The highest BCUT2D eigenvalue weighted by molar-refractivity contribution is 7.92. The van der Waals surface area contributed by atoms with E-state index in [4.69, 9.17) is 18.0 Å². The lowest BCUT2D eigenvalue weighted by molar-refractivity contribution is -0.143. The van der Waals surface area contributed by atoms with E-state index in [1.165, 1.54) is 48.5 Å². The van der Waals surface area contributed by atoms with Gasteiger partial charge in [0.2, 0.25) is 0 Å². The molecule has 3 rings (SSSR count). The highest BCUT2D eigenvalue weighted by Crippen LogP contribution is 2.42. The van der Waals surface area contributed by atoms with E-state index in [-0.39, 0.29) is 10.5 Å². The summed E-state index contributed by atoms with van der Waals surface area (Å²) in [5, 5.41) is 4.12. The predicted molar refractivity (Wildman–Crippen MR) is 104 cm³/mol. The Labute approximate surface area is 170 Å². The van der Waals surface area contributed by atoms with Gasteiger partial charge in [-0.15, -0.1) is 6.42 Å². The average Bonchev–Trinajstić information content (AvgIpc) is 3.01. The molecule has 10 heteroatoms. The fraction of sp³-hybridized carbons (Fsp3) is 0.105. The highest BCUT2D eigenvalue weighted by Gasteiger charge is 2.41. The van der Waals surface area contributed by atoms with Crippen molar-refractivity contribution in [1.82, 2.24) is 9.78 Å². The zero-order chi connectivity index (χ0) is 21.2. The topological polar surface area (TPSA) is 64.0 Å². The van der Waals surface area contributed by atoms with E-state index in [0.717, 1.165) is 0 Å². The number of hydrogen-bond donors (Lipinski definition) is 1. The summed E-state index contributed by atoms with van der Waals surface area (Å²) in [7, 11) is -4.19. The summed E-state index contributed by atoms with van der Waals surface area (Å²) in [6.07, 6.45) is 0.337. The molecule has 0 aliphatic rings. The van der Waals surface area contributed by atoms with Crippen LogP contribution < -0.4 is 4.72 Å². The van der Waals surface area contributed by atoms with Crippen molar-refractivity contribution in [2.24, 2.45) is 0 Å². The van der Waals surface area contributed by atoms with Crippen LogP contribution in [0.1, 0.15) is 5.69 Å². The largest absolute Gasteiger partial charge is 0.433 e. The number of halogens is 4. The first-order chi connectivity index (χ1) is 13.6. The van der Waals surface area contributed by atoms with Crippen molar-refractivity contribution in [3.63, 3.8) is 0 Å². The lowest BCUT2D eigenvalue weighted by atomic mass is 10.1. The molecule has 0 radical (unpaired) electrons. The fourth-order valence-corrected chi connectivity index (χ4v) is 3.85. The van der Waals surface area contributed by atoms with Crippen LogP contribution in [-0.4, -0.2) is 18.2 Å². The molecule has 150 valence electrons. The van der Waals surface area contributed by atoms with Crippen molar-refractivity contribution >= 4 is 27.4 Å². The van der Waals surface area contributed by atoms with Crippen LogP contribution >= 0.6 is 11.6 Å². The molecule has 0 bridgehead atoms. The van der Waals surface area contributed by atoms with Crippen LogP contribution in [0.2, 0.25) is 5.02 Å². The van der Waals surface area contributed by atoms with Gasteiger partial charge in [0.15, 0.2) is 11.5 Å². The Bertz CT molecular complexity index is 1170. The van der Waals surface area contributed by atoms with Crippen molar-refractivity contribution in [2.75, 3.05) is 4.72 Å². The zero-order valence-corrected chi connectivity index (χ0v) is 16.2. The summed E-state index contributed by atoms with van der Waals surface area (Å²) in [6, 6.07) is 12.7. The Morgan fingerprint density at radius 1 is 1.10 bits per heavy atom. The summed E-state index contributed by atoms with van der Waals surface area (Å²) < 4.78 is 69.5. The molecule has 0 saturated heterocycles. The molecular weight excluding hydrogens is 427 g/mol. The number of nitrogens with zero attached hydrogens (tertiary/aromatic N) is 2. The van der Waals surface area contributed by atoms with Gasteiger partial charge in [-0.2, -0.15) is 18.3 Å². The zero-order valence-electron chi connectivity index (χ0n) is 14.6. The Morgan fingerprint density at radius 3 is 2.28 bits per heavy atom. The van der Waals surface area contributed by atoms with E-state index in [1.54, 1.807) is 6.07 Å². The number of alkyl halides is 3. The van der Waals surface area contributed by atoms with Crippen LogP contribution in [0.15, 0.2) is 59.5 Å². The molecule has 29 heavy (non-hydrogen) atoms. The lowest BCUT2D eigenvalue weighted by Gasteiger charge is -2.12. The highest BCUT2D eigenvalue weighted by atomic mass is 35.5. The Hall–Kier alpha value is -2.96. The van der Waals surface area contributed by atoms with Gasteiger partial charge >= 0.3 is 6.18 Å². The normalized spacial score (nSPS) is 11.8. The Balaban J connectivity index is 2.23. The summed E-state index contributed by atoms with van der Waals surface area (Å²) in [6.45, 7) is -0.498. The van der Waals surface area contributed by atoms with E-state index >= 15 is 0 Å². The SMILES string of the molecule is C#CCn1nc(NS(=O)(=O)c2ccccc2)c(-c2ccc(Cl)cc2)c1C(F)(F)F. The van der Waals surface area contributed by atoms with Crippen molar-refractivity contribution in [3.8, 4) is 23.5 Å². The maximum absolute atomic E-state index is 13.8. The van der Waals surface area contributed by atoms with Gasteiger partial charge in [-0.25, -0.2) is 13.1 Å². The first kappa shape index (κ1) is 20.8. The third kappa shape index (κ3) is 4.39. The molecule has 0 aliphatic carbocycles. The predicted octanol–water partition coefficient (Wildman–Crippen LogP) is 4.66. The van der Waals surface area contributed by atoms with Crippen molar-refractivity contribution in [3.05, 3.63) is 65.3 Å². The second kappa shape index (κ2) is 7.81. The van der Waals surface area contributed by atoms with Gasteiger partial charge in [0.05, 0.1) is 10.5 Å². The van der Waals surface area contributed by atoms with Crippen molar-refractivity contribution < 1.29 is 21.6 Å². The van der Waals surface area contributed by atoms with Gasteiger partial charge in [0.1, 0.15) is 6.54 Å². The summed E-state index contributed by atoms with van der Waals surface area (Å²) in [5.41, 5.74) is -1.52. The molecular formula is C19H13ClF3N3O2S. The summed E-state index contributed by atoms with van der Waals surface area (Å²) in [5.74, 6) is 1.61. The fourth-order valence-electron chi connectivity index (χ4n) is 2.70. The first-order valence-corrected chi connectivity index (χ1v) is 9.95.